The van der Waals surface area contributed by atoms with Crippen LogP contribution in [0.2, 0.25) is 0 Å². The van der Waals surface area contributed by atoms with Crippen LogP contribution in [0.25, 0.3) is 0 Å². The van der Waals surface area contributed by atoms with Crippen LogP contribution in [-0.4, -0.2) is 36.0 Å². The molecule has 4 amide bonds. The lowest BCUT2D eigenvalue weighted by Gasteiger charge is -2.20. The van der Waals surface area contributed by atoms with Crippen molar-refractivity contribution in [3.63, 3.8) is 0 Å². The fraction of sp³-hybridized carbons (Fsp3) is 0.353. The number of hydrogen-bond acceptors (Lipinski definition) is 6. The first-order chi connectivity index (χ1) is 12.1. The molecule has 0 atom stereocenters. The highest BCUT2D eigenvalue weighted by Gasteiger charge is 2.17. The van der Waals surface area contributed by atoms with Gasteiger partial charge in [-0.1, -0.05) is 0 Å². The minimum atomic E-state index is -0.763. The number of urea groups is 1. The molecule has 0 unspecified atom stereocenters. The van der Waals surface area contributed by atoms with E-state index in [4.69, 9.17) is 10.00 Å². The van der Waals surface area contributed by atoms with E-state index in [-0.39, 0.29) is 12.0 Å². The maximum Gasteiger partial charge on any atom is 0.338 e. The van der Waals surface area contributed by atoms with Gasteiger partial charge in [-0.25, -0.2) is 9.59 Å². The SMILES string of the molecule is CC(C)(C)NC(=O)NC(=O)COC(=O)c1ccc(NC(=O)CC#N)cc1. The van der Waals surface area contributed by atoms with Gasteiger partial charge in [-0.15, -0.1) is 0 Å². The molecule has 9 nitrogen and oxygen atoms in total. The molecule has 1 aromatic carbocycles. The Morgan fingerprint density at radius 2 is 1.69 bits per heavy atom. The summed E-state index contributed by atoms with van der Waals surface area (Å²) >= 11 is 0. The molecular formula is C17H20N4O5. The van der Waals surface area contributed by atoms with E-state index in [0.29, 0.717) is 5.69 Å². The van der Waals surface area contributed by atoms with Crippen LogP contribution in [0.4, 0.5) is 10.5 Å². The maximum atomic E-state index is 11.9. The van der Waals surface area contributed by atoms with Crippen LogP contribution >= 0.6 is 0 Å². The molecule has 0 bridgehead atoms. The van der Waals surface area contributed by atoms with Crippen LogP contribution in [0, 0.1) is 11.3 Å². The number of anilines is 1. The van der Waals surface area contributed by atoms with Gasteiger partial charge in [-0.3, -0.25) is 14.9 Å². The highest BCUT2D eigenvalue weighted by atomic mass is 16.5. The zero-order valence-corrected chi connectivity index (χ0v) is 14.7. The van der Waals surface area contributed by atoms with Crippen LogP contribution < -0.4 is 16.0 Å². The second-order valence-corrected chi connectivity index (χ2v) is 6.29. The van der Waals surface area contributed by atoms with Crippen molar-refractivity contribution < 1.29 is 23.9 Å². The number of nitriles is 1. The van der Waals surface area contributed by atoms with E-state index < -0.39 is 36.0 Å². The number of amides is 4. The van der Waals surface area contributed by atoms with Crippen molar-refractivity contribution in [1.29, 1.82) is 5.26 Å². The maximum absolute atomic E-state index is 11.9. The van der Waals surface area contributed by atoms with Crippen LogP contribution in [0.1, 0.15) is 37.6 Å². The molecule has 9 heteroatoms. The number of nitrogens with zero attached hydrogens (tertiary/aromatic N) is 1. The van der Waals surface area contributed by atoms with Crippen LogP contribution in [0.15, 0.2) is 24.3 Å². The first-order valence-corrected chi connectivity index (χ1v) is 7.66. The van der Waals surface area contributed by atoms with Gasteiger partial charge in [0.2, 0.25) is 5.91 Å². The zero-order chi connectivity index (χ0) is 19.7. The number of esters is 1. The average molecular weight is 360 g/mol. The molecule has 0 saturated carbocycles. The largest absolute Gasteiger partial charge is 0.452 e. The minimum Gasteiger partial charge on any atom is -0.452 e. The van der Waals surface area contributed by atoms with Crippen molar-refractivity contribution >= 4 is 29.5 Å². The van der Waals surface area contributed by atoms with Gasteiger partial charge in [0.1, 0.15) is 6.42 Å². The summed E-state index contributed by atoms with van der Waals surface area (Å²) in [7, 11) is 0. The number of ether oxygens (including phenoxy) is 1. The Morgan fingerprint density at radius 3 is 2.23 bits per heavy atom. The van der Waals surface area contributed by atoms with Crippen LogP contribution in [-0.2, 0) is 14.3 Å². The molecule has 0 heterocycles. The summed E-state index contributed by atoms with van der Waals surface area (Å²) in [5.74, 6) is -1.99. The van der Waals surface area contributed by atoms with Gasteiger partial charge >= 0.3 is 12.0 Å². The highest BCUT2D eigenvalue weighted by molar-refractivity contribution is 5.97. The lowest BCUT2D eigenvalue weighted by molar-refractivity contribution is -0.123. The molecule has 138 valence electrons. The number of nitrogens with one attached hydrogen (secondary N) is 3. The molecule has 0 radical (unpaired) electrons. The van der Waals surface area contributed by atoms with Gasteiger partial charge in [0.05, 0.1) is 11.6 Å². The van der Waals surface area contributed by atoms with E-state index in [9.17, 15) is 19.2 Å². The zero-order valence-electron chi connectivity index (χ0n) is 14.7. The first kappa shape index (κ1) is 20.6. The van der Waals surface area contributed by atoms with E-state index in [2.05, 4.69) is 10.6 Å². The second kappa shape index (κ2) is 9.17. The van der Waals surface area contributed by atoms with Crippen molar-refractivity contribution in [3.8, 4) is 6.07 Å². The summed E-state index contributed by atoms with van der Waals surface area (Å²) < 4.78 is 4.82. The summed E-state index contributed by atoms with van der Waals surface area (Å²) in [6.45, 7) is 4.65. The standard InChI is InChI=1S/C17H20N4O5/c1-17(2,3)21-16(25)20-14(23)10-26-15(24)11-4-6-12(7-5-11)19-13(22)8-9-18/h4-7H,8,10H2,1-3H3,(H,19,22)(H2,20,21,23,25). The Balaban J connectivity index is 2.48. The van der Waals surface area contributed by atoms with Crippen LogP contribution in [0.5, 0.6) is 0 Å². The Kier molecular flexibility index (Phi) is 7.28. The number of imide groups is 1. The molecule has 1 aromatic rings. The molecule has 0 aliphatic rings. The molecule has 1 rings (SSSR count). The molecular weight excluding hydrogens is 340 g/mol. The van der Waals surface area contributed by atoms with E-state index in [1.165, 1.54) is 24.3 Å². The van der Waals surface area contributed by atoms with Gasteiger partial charge in [-0.2, -0.15) is 5.26 Å². The first-order valence-electron chi connectivity index (χ1n) is 7.66. The number of rotatable bonds is 5. The molecule has 0 saturated heterocycles. The third kappa shape index (κ3) is 7.92. The van der Waals surface area contributed by atoms with Gasteiger partial charge in [0, 0.05) is 11.2 Å². The third-order valence-corrected chi connectivity index (χ3v) is 2.72. The highest BCUT2D eigenvalue weighted by Crippen LogP contribution is 2.11. The van der Waals surface area contributed by atoms with E-state index >= 15 is 0 Å². The van der Waals surface area contributed by atoms with Gasteiger partial charge in [0.25, 0.3) is 5.91 Å². The summed E-state index contributed by atoms with van der Waals surface area (Å²) in [5.41, 5.74) is 0.0689. The van der Waals surface area contributed by atoms with Crippen molar-refractivity contribution in [2.24, 2.45) is 0 Å². The van der Waals surface area contributed by atoms with Gasteiger partial charge in [0.15, 0.2) is 6.61 Å². The fourth-order valence-electron chi connectivity index (χ4n) is 1.72. The number of hydrogen-bond donors (Lipinski definition) is 3. The molecule has 0 aromatic heterocycles. The molecule has 0 fully saturated rings. The summed E-state index contributed by atoms with van der Waals surface area (Å²) in [6.07, 6.45) is -0.276. The second-order valence-electron chi connectivity index (χ2n) is 6.29. The summed E-state index contributed by atoms with van der Waals surface area (Å²) in [6, 6.07) is 6.75. The van der Waals surface area contributed by atoms with E-state index in [0.717, 1.165) is 0 Å². The molecule has 0 aliphatic carbocycles. The number of benzene rings is 1. The Bertz CT molecular complexity index is 729. The lowest BCUT2D eigenvalue weighted by Crippen LogP contribution is -2.49. The number of carbonyl (C=O) groups excluding carboxylic acids is 4. The van der Waals surface area contributed by atoms with E-state index in [1.807, 2.05) is 5.32 Å². The topological polar surface area (TPSA) is 137 Å². The summed E-state index contributed by atoms with van der Waals surface area (Å²) in [4.78, 5) is 46.3. The summed E-state index contributed by atoms with van der Waals surface area (Å²) in [5, 5.41) is 15.5. The quantitative estimate of drug-likeness (QED) is 0.677. The van der Waals surface area contributed by atoms with Crippen molar-refractivity contribution in [2.75, 3.05) is 11.9 Å². The molecule has 3 N–H and O–H groups in total. The Morgan fingerprint density at radius 1 is 1.08 bits per heavy atom. The van der Waals surface area contributed by atoms with Gasteiger partial charge in [-0.05, 0) is 45.0 Å². The monoisotopic (exact) mass is 360 g/mol. The molecule has 0 aliphatic heterocycles. The lowest BCUT2D eigenvalue weighted by atomic mass is 10.1. The molecule has 0 spiro atoms. The van der Waals surface area contributed by atoms with E-state index in [1.54, 1.807) is 26.8 Å². The normalized spacial score (nSPS) is 10.2. The Hall–Kier alpha value is -3.41. The van der Waals surface area contributed by atoms with Crippen molar-refractivity contribution in [1.82, 2.24) is 10.6 Å². The average Bonchev–Trinajstić information content (AvgIpc) is 2.51. The fourth-order valence-corrected chi connectivity index (χ4v) is 1.72. The predicted octanol–water partition coefficient (Wildman–Crippen LogP) is 1.32. The Labute approximate surface area is 150 Å². The van der Waals surface area contributed by atoms with Gasteiger partial charge < -0.3 is 15.4 Å². The third-order valence-electron chi connectivity index (χ3n) is 2.72. The smallest absolute Gasteiger partial charge is 0.338 e. The predicted molar refractivity (Wildman–Crippen MR) is 92.0 cm³/mol. The van der Waals surface area contributed by atoms with Crippen molar-refractivity contribution in [2.45, 2.75) is 32.7 Å². The van der Waals surface area contributed by atoms with Crippen molar-refractivity contribution in [3.05, 3.63) is 29.8 Å². The number of carbonyl (C=O) groups is 4. The van der Waals surface area contributed by atoms with Crippen LogP contribution in [0.3, 0.4) is 0 Å². The minimum absolute atomic E-state index is 0.162. The molecule has 26 heavy (non-hydrogen) atoms.